The fourth-order valence-electron chi connectivity index (χ4n) is 2.12. The summed E-state index contributed by atoms with van der Waals surface area (Å²) in [7, 11) is 0. The molecule has 2 heterocycles. The third kappa shape index (κ3) is 2.78. The van der Waals surface area contributed by atoms with Crippen LogP contribution in [0.5, 0.6) is 0 Å². The van der Waals surface area contributed by atoms with Crippen molar-refractivity contribution in [3.05, 3.63) is 29.8 Å². The third-order valence-electron chi connectivity index (χ3n) is 2.91. The molecule has 1 fully saturated rings. The number of rotatable bonds is 2. The molecule has 1 aliphatic heterocycles. The van der Waals surface area contributed by atoms with Crippen LogP contribution in [-0.2, 0) is 0 Å². The van der Waals surface area contributed by atoms with Gasteiger partial charge in [0.25, 0.3) is 0 Å². The predicted octanol–water partition coefficient (Wildman–Crippen LogP) is 1.73. The van der Waals surface area contributed by atoms with Crippen molar-refractivity contribution in [2.24, 2.45) is 0 Å². The first-order valence-corrected chi connectivity index (χ1v) is 5.62. The van der Waals surface area contributed by atoms with Gasteiger partial charge in [0, 0.05) is 37.9 Å². The maximum Gasteiger partial charge on any atom is 0.408 e. The lowest BCUT2D eigenvalue weighted by Gasteiger charge is -2.36. The molecule has 1 atom stereocenters. The normalized spacial score (nSPS) is 19.8. The highest BCUT2D eigenvalue weighted by Crippen LogP contribution is 2.38. The Morgan fingerprint density at radius 2 is 1.94 bits per heavy atom. The molecule has 0 spiro atoms. The summed E-state index contributed by atoms with van der Waals surface area (Å²) in [6, 6.07) is 0.537. The minimum Gasteiger partial charge on any atom is -0.314 e. The summed E-state index contributed by atoms with van der Waals surface area (Å²) in [5.41, 5.74) is -0.410. The second kappa shape index (κ2) is 5.19. The fraction of sp³-hybridized carbons (Fsp3) is 0.545. The number of nitrogens with zero attached hydrogens (tertiary/aromatic N) is 2. The molecular weight excluding hydrogens is 250 g/mol. The molecule has 0 saturated carbocycles. The molecule has 0 aromatic carbocycles. The molecule has 0 amide bonds. The smallest absolute Gasteiger partial charge is 0.314 e. The van der Waals surface area contributed by atoms with Crippen LogP contribution in [0.15, 0.2) is 18.3 Å². The molecule has 2 rings (SSSR count). The molecule has 1 N–H and O–H groups in total. The molecule has 1 saturated heterocycles. The lowest BCUT2D eigenvalue weighted by molar-refractivity contribution is -0.188. The van der Waals surface area contributed by atoms with Crippen LogP contribution < -0.4 is 5.32 Å². The number of aromatic nitrogens is 1. The van der Waals surface area contributed by atoms with E-state index in [0.29, 0.717) is 13.1 Å². The van der Waals surface area contributed by atoms with E-state index in [9.17, 15) is 17.6 Å². The third-order valence-corrected chi connectivity index (χ3v) is 2.91. The molecule has 0 radical (unpaired) electrons. The molecule has 7 heteroatoms. The molecular formula is C11H13F4N3. The van der Waals surface area contributed by atoms with Crippen molar-refractivity contribution in [1.82, 2.24) is 15.2 Å². The van der Waals surface area contributed by atoms with Gasteiger partial charge in [-0.05, 0) is 6.07 Å². The minimum atomic E-state index is -4.51. The number of nitrogens with one attached hydrogen (secondary N) is 1. The van der Waals surface area contributed by atoms with Gasteiger partial charge < -0.3 is 5.32 Å². The Kier molecular flexibility index (Phi) is 3.82. The molecule has 100 valence electrons. The first-order chi connectivity index (χ1) is 8.50. The van der Waals surface area contributed by atoms with E-state index in [1.54, 1.807) is 0 Å². The zero-order valence-corrected chi connectivity index (χ0v) is 9.54. The van der Waals surface area contributed by atoms with Gasteiger partial charge in [0.2, 0.25) is 5.95 Å². The zero-order chi connectivity index (χ0) is 13.2. The first kappa shape index (κ1) is 13.2. The van der Waals surface area contributed by atoms with Crippen LogP contribution in [-0.4, -0.2) is 42.2 Å². The van der Waals surface area contributed by atoms with Gasteiger partial charge in [-0.1, -0.05) is 6.07 Å². The average molecular weight is 263 g/mol. The van der Waals surface area contributed by atoms with Gasteiger partial charge >= 0.3 is 6.18 Å². The van der Waals surface area contributed by atoms with E-state index in [1.807, 2.05) is 0 Å². The highest BCUT2D eigenvalue weighted by molar-refractivity contribution is 5.18. The largest absolute Gasteiger partial charge is 0.408 e. The first-order valence-electron chi connectivity index (χ1n) is 5.62. The van der Waals surface area contributed by atoms with Crippen molar-refractivity contribution in [2.45, 2.75) is 12.2 Å². The summed E-state index contributed by atoms with van der Waals surface area (Å²) in [5, 5.41) is 2.97. The van der Waals surface area contributed by atoms with E-state index in [2.05, 4.69) is 10.3 Å². The molecule has 1 aromatic rings. The van der Waals surface area contributed by atoms with Crippen LogP contribution in [0.3, 0.4) is 0 Å². The Morgan fingerprint density at radius 3 is 2.50 bits per heavy atom. The van der Waals surface area contributed by atoms with E-state index in [1.165, 1.54) is 11.0 Å². The van der Waals surface area contributed by atoms with E-state index < -0.39 is 23.7 Å². The number of pyridine rings is 1. The fourth-order valence-corrected chi connectivity index (χ4v) is 2.12. The van der Waals surface area contributed by atoms with E-state index in [0.717, 1.165) is 12.3 Å². The Hall–Kier alpha value is -1.21. The molecule has 0 unspecified atom stereocenters. The monoisotopic (exact) mass is 263 g/mol. The summed E-state index contributed by atoms with van der Waals surface area (Å²) in [5.74, 6) is -1.06. The quantitative estimate of drug-likeness (QED) is 0.650. The number of hydrogen-bond donors (Lipinski definition) is 1. The van der Waals surface area contributed by atoms with Crippen LogP contribution in [0, 0.1) is 5.95 Å². The molecule has 0 aliphatic carbocycles. The van der Waals surface area contributed by atoms with E-state index in [-0.39, 0.29) is 13.1 Å². The number of halogens is 4. The van der Waals surface area contributed by atoms with Crippen molar-refractivity contribution in [3.8, 4) is 0 Å². The highest BCUT2D eigenvalue weighted by Gasteiger charge is 2.46. The molecule has 0 bridgehead atoms. The van der Waals surface area contributed by atoms with Gasteiger partial charge in [-0.3, -0.25) is 4.90 Å². The second-order valence-electron chi connectivity index (χ2n) is 4.11. The topological polar surface area (TPSA) is 28.2 Å². The maximum absolute atomic E-state index is 13.5. The summed E-state index contributed by atoms with van der Waals surface area (Å²) in [6.45, 7) is 1.40. The van der Waals surface area contributed by atoms with Crippen molar-refractivity contribution in [3.63, 3.8) is 0 Å². The van der Waals surface area contributed by atoms with Crippen molar-refractivity contribution >= 4 is 0 Å². The van der Waals surface area contributed by atoms with Crippen LogP contribution in [0.4, 0.5) is 17.6 Å². The Balaban J connectivity index is 2.34. The molecule has 1 aromatic heterocycles. The lowest BCUT2D eigenvalue weighted by Crippen LogP contribution is -2.49. The summed E-state index contributed by atoms with van der Waals surface area (Å²) >= 11 is 0. The SMILES string of the molecule is Fc1ncccc1[C@@H](N1CCNCC1)C(F)(F)F. The number of piperazine rings is 1. The van der Waals surface area contributed by atoms with Gasteiger partial charge in [0.1, 0.15) is 6.04 Å². The van der Waals surface area contributed by atoms with Gasteiger partial charge in [0.05, 0.1) is 0 Å². The van der Waals surface area contributed by atoms with E-state index >= 15 is 0 Å². The van der Waals surface area contributed by atoms with E-state index in [4.69, 9.17) is 0 Å². The second-order valence-corrected chi connectivity index (χ2v) is 4.11. The van der Waals surface area contributed by atoms with Gasteiger partial charge in [0.15, 0.2) is 0 Å². The maximum atomic E-state index is 13.5. The molecule has 1 aliphatic rings. The Labute approximate surface area is 102 Å². The molecule has 3 nitrogen and oxygen atoms in total. The van der Waals surface area contributed by atoms with Crippen LogP contribution in [0.2, 0.25) is 0 Å². The van der Waals surface area contributed by atoms with Crippen LogP contribution in [0.1, 0.15) is 11.6 Å². The van der Waals surface area contributed by atoms with Crippen LogP contribution >= 0.6 is 0 Å². The summed E-state index contributed by atoms with van der Waals surface area (Å²) < 4.78 is 52.8. The standard InChI is InChI=1S/C11H13F4N3/c12-10-8(2-1-3-17-10)9(11(13,14)15)18-6-4-16-5-7-18/h1-3,9,16H,4-7H2/t9-/m1/s1. The zero-order valence-electron chi connectivity index (χ0n) is 9.54. The predicted molar refractivity (Wildman–Crippen MR) is 57.4 cm³/mol. The molecule has 18 heavy (non-hydrogen) atoms. The van der Waals surface area contributed by atoms with Gasteiger partial charge in [-0.25, -0.2) is 4.98 Å². The minimum absolute atomic E-state index is 0.235. The number of hydrogen-bond acceptors (Lipinski definition) is 3. The lowest BCUT2D eigenvalue weighted by atomic mass is 10.1. The highest BCUT2D eigenvalue weighted by atomic mass is 19.4. The average Bonchev–Trinajstić information content (AvgIpc) is 2.32. The van der Waals surface area contributed by atoms with Gasteiger partial charge in [-0.2, -0.15) is 17.6 Å². The van der Waals surface area contributed by atoms with Crippen molar-refractivity contribution in [1.29, 1.82) is 0 Å². The summed E-state index contributed by atoms with van der Waals surface area (Å²) in [4.78, 5) is 4.53. The Morgan fingerprint density at radius 1 is 1.28 bits per heavy atom. The summed E-state index contributed by atoms with van der Waals surface area (Å²) in [6.07, 6.45) is -3.37. The Bertz CT molecular complexity index is 402. The van der Waals surface area contributed by atoms with Crippen molar-refractivity contribution < 1.29 is 17.6 Å². The van der Waals surface area contributed by atoms with Gasteiger partial charge in [-0.15, -0.1) is 0 Å². The number of alkyl halides is 3. The van der Waals surface area contributed by atoms with Crippen molar-refractivity contribution in [2.75, 3.05) is 26.2 Å². The van der Waals surface area contributed by atoms with Crippen LogP contribution in [0.25, 0.3) is 0 Å².